The van der Waals surface area contributed by atoms with Gasteiger partial charge in [-0.05, 0) is 19.4 Å². The van der Waals surface area contributed by atoms with Crippen LogP contribution in [0.4, 0.5) is 0 Å². The predicted octanol–water partition coefficient (Wildman–Crippen LogP) is -0.384. The van der Waals surface area contributed by atoms with Crippen LogP contribution in [0.1, 0.15) is 19.3 Å². The summed E-state index contributed by atoms with van der Waals surface area (Å²) < 4.78 is 5.42. The Morgan fingerprint density at radius 3 is 2.83 bits per heavy atom. The minimum atomic E-state index is -0.291. The highest BCUT2D eigenvalue weighted by Crippen LogP contribution is 2.21. The summed E-state index contributed by atoms with van der Waals surface area (Å²) in [5.41, 5.74) is 10.6. The SMILES string of the molecule is NCC(CC(N)=O)C1CCCO1. The Balaban J connectivity index is 2.37. The first-order valence-electron chi connectivity index (χ1n) is 4.34. The number of hydrogen-bond donors (Lipinski definition) is 2. The van der Waals surface area contributed by atoms with E-state index in [-0.39, 0.29) is 17.9 Å². The Morgan fingerprint density at radius 1 is 1.67 bits per heavy atom. The van der Waals surface area contributed by atoms with Gasteiger partial charge in [0.2, 0.25) is 5.91 Å². The van der Waals surface area contributed by atoms with Crippen molar-refractivity contribution in [2.75, 3.05) is 13.2 Å². The molecule has 1 aliphatic rings. The molecule has 12 heavy (non-hydrogen) atoms. The van der Waals surface area contributed by atoms with Crippen LogP contribution in [0.5, 0.6) is 0 Å². The maximum Gasteiger partial charge on any atom is 0.217 e. The fourth-order valence-corrected chi connectivity index (χ4v) is 1.60. The van der Waals surface area contributed by atoms with Gasteiger partial charge in [0.25, 0.3) is 0 Å². The lowest BCUT2D eigenvalue weighted by molar-refractivity contribution is -0.119. The molecule has 1 heterocycles. The van der Waals surface area contributed by atoms with Gasteiger partial charge in [-0.2, -0.15) is 0 Å². The van der Waals surface area contributed by atoms with E-state index in [1.54, 1.807) is 0 Å². The number of carbonyl (C=O) groups excluding carboxylic acids is 1. The van der Waals surface area contributed by atoms with Crippen LogP contribution in [0, 0.1) is 5.92 Å². The van der Waals surface area contributed by atoms with Gasteiger partial charge >= 0.3 is 0 Å². The summed E-state index contributed by atoms with van der Waals surface area (Å²) in [6, 6.07) is 0. The highest BCUT2D eigenvalue weighted by Gasteiger charge is 2.25. The van der Waals surface area contributed by atoms with Gasteiger partial charge in [-0.3, -0.25) is 4.79 Å². The average Bonchev–Trinajstić information content (AvgIpc) is 2.51. The molecule has 0 radical (unpaired) electrons. The van der Waals surface area contributed by atoms with Crippen LogP contribution in [-0.2, 0) is 9.53 Å². The minimum absolute atomic E-state index is 0.116. The second kappa shape index (κ2) is 4.42. The van der Waals surface area contributed by atoms with E-state index in [0.717, 1.165) is 19.4 Å². The first-order chi connectivity index (χ1) is 5.74. The average molecular weight is 172 g/mol. The number of rotatable bonds is 4. The highest BCUT2D eigenvalue weighted by molar-refractivity contribution is 5.74. The van der Waals surface area contributed by atoms with Crippen molar-refractivity contribution >= 4 is 5.91 Å². The Kier molecular flexibility index (Phi) is 3.49. The number of hydrogen-bond acceptors (Lipinski definition) is 3. The normalized spacial score (nSPS) is 25.6. The lowest BCUT2D eigenvalue weighted by atomic mass is 9.96. The zero-order valence-electron chi connectivity index (χ0n) is 7.16. The van der Waals surface area contributed by atoms with E-state index >= 15 is 0 Å². The van der Waals surface area contributed by atoms with Gasteiger partial charge < -0.3 is 16.2 Å². The molecule has 1 aliphatic heterocycles. The molecule has 0 aromatic rings. The Morgan fingerprint density at radius 2 is 2.42 bits per heavy atom. The summed E-state index contributed by atoms with van der Waals surface area (Å²) in [6.07, 6.45) is 2.58. The van der Waals surface area contributed by atoms with Crippen LogP contribution in [0.15, 0.2) is 0 Å². The zero-order valence-corrected chi connectivity index (χ0v) is 7.16. The summed E-state index contributed by atoms with van der Waals surface area (Å²) in [5, 5.41) is 0. The van der Waals surface area contributed by atoms with Crippen molar-refractivity contribution in [2.45, 2.75) is 25.4 Å². The Hall–Kier alpha value is -0.610. The van der Waals surface area contributed by atoms with Crippen LogP contribution in [0.3, 0.4) is 0 Å². The van der Waals surface area contributed by atoms with E-state index in [1.807, 2.05) is 0 Å². The maximum absolute atomic E-state index is 10.6. The monoisotopic (exact) mass is 172 g/mol. The molecule has 4 heteroatoms. The molecule has 1 fully saturated rings. The summed E-state index contributed by atoms with van der Waals surface area (Å²) >= 11 is 0. The van der Waals surface area contributed by atoms with Gasteiger partial charge in [0.1, 0.15) is 0 Å². The lowest BCUT2D eigenvalue weighted by Gasteiger charge is -2.19. The zero-order chi connectivity index (χ0) is 8.97. The molecular weight excluding hydrogens is 156 g/mol. The van der Waals surface area contributed by atoms with Crippen LogP contribution < -0.4 is 11.5 Å². The van der Waals surface area contributed by atoms with Crippen molar-refractivity contribution in [3.8, 4) is 0 Å². The summed E-state index contributed by atoms with van der Waals surface area (Å²) in [6.45, 7) is 1.27. The van der Waals surface area contributed by atoms with Gasteiger partial charge in [0, 0.05) is 18.9 Å². The first kappa shape index (κ1) is 9.48. The molecule has 0 aliphatic carbocycles. The summed E-state index contributed by atoms with van der Waals surface area (Å²) in [5.74, 6) is -0.175. The maximum atomic E-state index is 10.6. The third kappa shape index (κ3) is 2.46. The number of carbonyl (C=O) groups is 1. The molecule has 0 aromatic carbocycles. The van der Waals surface area contributed by atoms with E-state index in [2.05, 4.69) is 0 Å². The highest BCUT2D eigenvalue weighted by atomic mass is 16.5. The molecule has 2 unspecified atom stereocenters. The van der Waals surface area contributed by atoms with E-state index in [1.165, 1.54) is 0 Å². The van der Waals surface area contributed by atoms with Gasteiger partial charge in [0.15, 0.2) is 0 Å². The smallest absolute Gasteiger partial charge is 0.217 e. The molecule has 2 atom stereocenters. The number of nitrogens with two attached hydrogens (primary N) is 2. The molecule has 70 valence electrons. The van der Waals surface area contributed by atoms with Gasteiger partial charge in [-0.1, -0.05) is 0 Å². The summed E-state index contributed by atoms with van der Waals surface area (Å²) in [4.78, 5) is 10.6. The fourth-order valence-electron chi connectivity index (χ4n) is 1.60. The van der Waals surface area contributed by atoms with Crippen molar-refractivity contribution in [1.82, 2.24) is 0 Å². The molecule has 1 rings (SSSR count). The molecular formula is C8H16N2O2. The minimum Gasteiger partial charge on any atom is -0.378 e. The third-order valence-electron chi connectivity index (χ3n) is 2.26. The van der Waals surface area contributed by atoms with Crippen LogP contribution in [0.2, 0.25) is 0 Å². The molecule has 0 spiro atoms. The van der Waals surface area contributed by atoms with Crippen LogP contribution >= 0.6 is 0 Å². The van der Waals surface area contributed by atoms with Gasteiger partial charge in [0.05, 0.1) is 6.10 Å². The van der Waals surface area contributed by atoms with Crippen molar-refractivity contribution in [1.29, 1.82) is 0 Å². The van der Waals surface area contributed by atoms with Crippen molar-refractivity contribution in [2.24, 2.45) is 17.4 Å². The van der Waals surface area contributed by atoms with E-state index in [9.17, 15) is 4.79 Å². The predicted molar refractivity (Wildman–Crippen MR) is 45.3 cm³/mol. The molecule has 1 saturated heterocycles. The fraction of sp³-hybridized carbons (Fsp3) is 0.875. The van der Waals surface area contributed by atoms with E-state index in [4.69, 9.17) is 16.2 Å². The molecule has 0 aromatic heterocycles. The van der Waals surface area contributed by atoms with Crippen LogP contribution in [0.25, 0.3) is 0 Å². The van der Waals surface area contributed by atoms with E-state index < -0.39 is 0 Å². The van der Waals surface area contributed by atoms with Crippen molar-refractivity contribution < 1.29 is 9.53 Å². The second-order valence-corrected chi connectivity index (χ2v) is 3.22. The Bertz CT molecular complexity index is 155. The van der Waals surface area contributed by atoms with E-state index in [0.29, 0.717) is 13.0 Å². The molecule has 4 nitrogen and oxygen atoms in total. The molecule has 4 N–H and O–H groups in total. The number of ether oxygens (including phenoxy) is 1. The Labute approximate surface area is 72.2 Å². The number of amides is 1. The quantitative estimate of drug-likeness (QED) is 0.606. The topological polar surface area (TPSA) is 78.3 Å². The first-order valence-corrected chi connectivity index (χ1v) is 4.34. The van der Waals surface area contributed by atoms with Gasteiger partial charge in [-0.25, -0.2) is 0 Å². The largest absolute Gasteiger partial charge is 0.378 e. The molecule has 0 saturated carbocycles. The van der Waals surface area contributed by atoms with Crippen molar-refractivity contribution in [3.05, 3.63) is 0 Å². The van der Waals surface area contributed by atoms with Gasteiger partial charge in [-0.15, -0.1) is 0 Å². The number of primary amides is 1. The standard InChI is InChI=1S/C8H16N2O2/c9-5-6(4-8(10)11)7-2-1-3-12-7/h6-7H,1-5,9H2,(H2,10,11). The van der Waals surface area contributed by atoms with Crippen molar-refractivity contribution in [3.63, 3.8) is 0 Å². The second-order valence-electron chi connectivity index (χ2n) is 3.22. The van der Waals surface area contributed by atoms with Crippen LogP contribution in [-0.4, -0.2) is 25.2 Å². The summed E-state index contributed by atoms with van der Waals surface area (Å²) in [7, 11) is 0. The lowest BCUT2D eigenvalue weighted by Crippen LogP contribution is -2.31. The molecule has 1 amide bonds. The molecule has 0 bridgehead atoms. The third-order valence-corrected chi connectivity index (χ3v) is 2.26.